The Morgan fingerprint density at radius 1 is 1.44 bits per heavy atom. The summed E-state index contributed by atoms with van der Waals surface area (Å²) in [5, 5.41) is 0. The summed E-state index contributed by atoms with van der Waals surface area (Å²) in [6.45, 7) is 6.62. The molecule has 0 saturated carbocycles. The van der Waals surface area contributed by atoms with Crippen molar-refractivity contribution in [3.63, 3.8) is 0 Å². The van der Waals surface area contributed by atoms with E-state index in [1.54, 1.807) is 0 Å². The normalized spacial score (nSPS) is 43.7. The van der Waals surface area contributed by atoms with E-state index in [1.165, 1.54) is 12.8 Å². The first-order valence-corrected chi connectivity index (χ1v) is 3.89. The second-order valence-corrected chi connectivity index (χ2v) is 3.08. The van der Waals surface area contributed by atoms with Gasteiger partial charge in [-0.25, -0.2) is 0 Å². The molecule has 1 aliphatic heterocycles. The highest BCUT2D eigenvalue weighted by Gasteiger charge is 2.26. The fourth-order valence-corrected chi connectivity index (χ4v) is 1.36. The van der Waals surface area contributed by atoms with Crippen LogP contribution in [0.15, 0.2) is 0 Å². The van der Waals surface area contributed by atoms with Crippen LogP contribution in [0, 0.1) is 5.92 Å². The van der Waals surface area contributed by atoms with Crippen molar-refractivity contribution in [2.75, 3.05) is 0 Å². The van der Waals surface area contributed by atoms with Gasteiger partial charge >= 0.3 is 0 Å². The second-order valence-electron chi connectivity index (χ2n) is 3.08. The molecule has 0 amide bonds. The van der Waals surface area contributed by atoms with Gasteiger partial charge in [-0.05, 0) is 25.7 Å². The zero-order chi connectivity index (χ0) is 6.85. The highest BCUT2D eigenvalue weighted by Crippen LogP contribution is 2.26. The molecule has 9 heavy (non-hydrogen) atoms. The molecule has 0 aromatic carbocycles. The van der Waals surface area contributed by atoms with Crippen molar-refractivity contribution in [2.24, 2.45) is 5.92 Å². The summed E-state index contributed by atoms with van der Waals surface area (Å²) < 4.78 is 5.62. The zero-order valence-electron chi connectivity index (χ0n) is 6.55. The van der Waals surface area contributed by atoms with E-state index in [9.17, 15) is 0 Å². The Balaban J connectivity index is 2.35. The van der Waals surface area contributed by atoms with E-state index in [4.69, 9.17) is 4.74 Å². The summed E-state index contributed by atoms with van der Waals surface area (Å²) in [7, 11) is 0. The molecule has 1 saturated heterocycles. The van der Waals surface area contributed by atoms with Gasteiger partial charge < -0.3 is 4.74 Å². The predicted molar refractivity (Wildman–Crippen MR) is 38.4 cm³/mol. The van der Waals surface area contributed by atoms with Gasteiger partial charge in [0.15, 0.2) is 0 Å². The van der Waals surface area contributed by atoms with Gasteiger partial charge in [-0.3, -0.25) is 0 Å². The lowest BCUT2D eigenvalue weighted by Crippen LogP contribution is -2.08. The van der Waals surface area contributed by atoms with Crippen LogP contribution in [0.25, 0.3) is 0 Å². The molecule has 0 N–H and O–H groups in total. The van der Waals surface area contributed by atoms with Crippen molar-refractivity contribution in [1.29, 1.82) is 0 Å². The van der Waals surface area contributed by atoms with E-state index in [2.05, 4.69) is 20.8 Å². The highest BCUT2D eigenvalue weighted by atomic mass is 16.5. The quantitative estimate of drug-likeness (QED) is 0.526. The zero-order valence-corrected chi connectivity index (χ0v) is 6.55. The first-order chi connectivity index (χ1) is 4.24. The number of rotatable bonds is 1. The van der Waals surface area contributed by atoms with Crippen LogP contribution in [0.3, 0.4) is 0 Å². The Bertz CT molecular complexity index is 80.6. The van der Waals surface area contributed by atoms with Crippen LogP contribution in [-0.2, 0) is 4.74 Å². The molecule has 3 atom stereocenters. The average molecular weight is 128 g/mol. The maximum atomic E-state index is 5.62. The van der Waals surface area contributed by atoms with Crippen LogP contribution in [0.5, 0.6) is 0 Å². The highest BCUT2D eigenvalue weighted by molar-refractivity contribution is 4.75. The minimum Gasteiger partial charge on any atom is -0.375 e. The summed E-state index contributed by atoms with van der Waals surface area (Å²) in [6, 6.07) is 0. The molecule has 1 rings (SSSR count). The minimum atomic E-state index is 0.495. The SMILES string of the molecule is CC[C@@H]1C[C@H](C)[C@H](C)O1. The van der Waals surface area contributed by atoms with Crippen LogP contribution in [-0.4, -0.2) is 12.2 Å². The fraction of sp³-hybridized carbons (Fsp3) is 1.00. The van der Waals surface area contributed by atoms with Gasteiger partial charge in [0, 0.05) is 0 Å². The summed E-state index contributed by atoms with van der Waals surface area (Å²) in [5.41, 5.74) is 0. The Morgan fingerprint density at radius 2 is 2.11 bits per heavy atom. The van der Waals surface area contributed by atoms with Crippen molar-refractivity contribution in [1.82, 2.24) is 0 Å². The summed E-state index contributed by atoms with van der Waals surface area (Å²) >= 11 is 0. The number of hydrogen-bond donors (Lipinski definition) is 0. The van der Waals surface area contributed by atoms with Crippen molar-refractivity contribution in [2.45, 2.75) is 45.8 Å². The third kappa shape index (κ3) is 1.45. The molecule has 1 heteroatoms. The second kappa shape index (κ2) is 2.70. The largest absolute Gasteiger partial charge is 0.375 e. The molecule has 1 aliphatic rings. The van der Waals surface area contributed by atoms with Crippen LogP contribution in [0.1, 0.15) is 33.6 Å². The number of ether oxygens (including phenoxy) is 1. The number of hydrogen-bond acceptors (Lipinski definition) is 1. The molecule has 1 nitrogen and oxygen atoms in total. The van der Waals surface area contributed by atoms with Gasteiger partial charge in [0.25, 0.3) is 0 Å². The molecular formula is C8H16O. The third-order valence-electron chi connectivity index (χ3n) is 2.30. The van der Waals surface area contributed by atoms with Crippen LogP contribution < -0.4 is 0 Å². The van der Waals surface area contributed by atoms with Gasteiger partial charge in [0.05, 0.1) is 12.2 Å². The first-order valence-electron chi connectivity index (χ1n) is 3.89. The van der Waals surface area contributed by atoms with Gasteiger partial charge in [0.1, 0.15) is 0 Å². The lowest BCUT2D eigenvalue weighted by Gasteiger charge is -2.07. The summed E-state index contributed by atoms with van der Waals surface area (Å²) in [4.78, 5) is 0. The van der Waals surface area contributed by atoms with Gasteiger partial charge in [-0.2, -0.15) is 0 Å². The van der Waals surface area contributed by atoms with E-state index in [0.29, 0.717) is 12.2 Å². The molecule has 0 aromatic heterocycles. The lowest BCUT2D eigenvalue weighted by atomic mass is 10.0. The maximum absolute atomic E-state index is 5.62. The predicted octanol–water partition coefficient (Wildman–Crippen LogP) is 2.21. The molecule has 1 heterocycles. The van der Waals surface area contributed by atoms with E-state index in [0.717, 1.165) is 5.92 Å². The molecule has 0 radical (unpaired) electrons. The Labute approximate surface area is 57.4 Å². The maximum Gasteiger partial charge on any atom is 0.0579 e. The third-order valence-corrected chi connectivity index (χ3v) is 2.30. The minimum absolute atomic E-state index is 0.495. The van der Waals surface area contributed by atoms with E-state index < -0.39 is 0 Å². The van der Waals surface area contributed by atoms with E-state index in [1.807, 2.05) is 0 Å². The van der Waals surface area contributed by atoms with Crippen molar-refractivity contribution < 1.29 is 4.74 Å². The molecular weight excluding hydrogens is 112 g/mol. The standard InChI is InChI=1S/C8H16O/c1-4-8-5-6(2)7(3)9-8/h6-8H,4-5H2,1-3H3/t6-,7-,8+/m0/s1. The molecule has 54 valence electrons. The molecule has 0 aliphatic carbocycles. The van der Waals surface area contributed by atoms with Crippen molar-refractivity contribution in [3.8, 4) is 0 Å². The molecule has 0 spiro atoms. The molecule has 1 fully saturated rings. The van der Waals surface area contributed by atoms with Crippen molar-refractivity contribution in [3.05, 3.63) is 0 Å². The summed E-state index contributed by atoms with van der Waals surface area (Å²) in [6.07, 6.45) is 3.48. The van der Waals surface area contributed by atoms with E-state index in [-0.39, 0.29) is 0 Å². The monoisotopic (exact) mass is 128 g/mol. The van der Waals surface area contributed by atoms with Crippen LogP contribution in [0.2, 0.25) is 0 Å². The smallest absolute Gasteiger partial charge is 0.0579 e. The van der Waals surface area contributed by atoms with Gasteiger partial charge in [0.2, 0.25) is 0 Å². The molecule has 0 unspecified atom stereocenters. The van der Waals surface area contributed by atoms with Gasteiger partial charge in [-0.15, -0.1) is 0 Å². The molecule has 0 bridgehead atoms. The Kier molecular flexibility index (Phi) is 2.12. The Morgan fingerprint density at radius 3 is 2.33 bits per heavy atom. The Hall–Kier alpha value is -0.0400. The topological polar surface area (TPSA) is 9.23 Å². The van der Waals surface area contributed by atoms with E-state index >= 15 is 0 Å². The van der Waals surface area contributed by atoms with Crippen LogP contribution >= 0.6 is 0 Å². The molecule has 0 aromatic rings. The van der Waals surface area contributed by atoms with Crippen molar-refractivity contribution >= 4 is 0 Å². The first kappa shape index (κ1) is 7.07. The van der Waals surface area contributed by atoms with Crippen LogP contribution in [0.4, 0.5) is 0 Å². The lowest BCUT2D eigenvalue weighted by molar-refractivity contribution is 0.0460. The summed E-state index contributed by atoms with van der Waals surface area (Å²) in [5.74, 6) is 0.773. The average Bonchev–Trinajstić information content (AvgIpc) is 2.13. The fourth-order valence-electron chi connectivity index (χ4n) is 1.36. The van der Waals surface area contributed by atoms with Gasteiger partial charge in [-0.1, -0.05) is 13.8 Å².